The number of halogens is 1. The summed E-state index contributed by atoms with van der Waals surface area (Å²) in [6.45, 7) is 1.90. The van der Waals surface area contributed by atoms with Gasteiger partial charge < -0.3 is 14.9 Å². The first-order valence-electron chi connectivity index (χ1n) is 5.03. The van der Waals surface area contributed by atoms with E-state index in [1.807, 2.05) is 0 Å². The summed E-state index contributed by atoms with van der Waals surface area (Å²) in [6.07, 6.45) is 0.00224. The highest BCUT2D eigenvalue weighted by Crippen LogP contribution is 2.16. The fraction of sp³-hybridized carbons (Fsp3) is 0.500. The molecule has 1 rings (SSSR count). The van der Waals surface area contributed by atoms with E-state index in [4.69, 9.17) is 0 Å². The van der Waals surface area contributed by atoms with Gasteiger partial charge in [-0.3, -0.25) is 4.79 Å². The van der Waals surface area contributed by atoms with Gasteiger partial charge in [-0.1, -0.05) is 0 Å². The van der Waals surface area contributed by atoms with Crippen LogP contribution < -0.4 is 0 Å². The van der Waals surface area contributed by atoms with E-state index in [9.17, 15) is 15.0 Å². The molecule has 0 saturated heterocycles. The van der Waals surface area contributed by atoms with E-state index in [1.165, 1.54) is 12.4 Å². The molecule has 2 atom stereocenters. The van der Waals surface area contributed by atoms with Gasteiger partial charge in [-0.05, 0) is 22.9 Å². The number of hydrogen-bond donors (Lipinski definition) is 2. The van der Waals surface area contributed by atoms with Crippen LogP contribution in [0, 0.1) is 0 Å². The first-order chi connectivity index (χ1) is 8.04. The predicted molar refractivity (Wildman–Crippen MR) is 61.9 cm³/mol. The standard InChI is InChI=1S/C10H13BrN2O4/c1-2-17-8(15)3-7(14)9(16)10-12-4-6(11)5-13-10/h4-5,7,9,14,16H,2-3H2,1H3. The number of nitrogens with zero attached hydrogens (tertiary/aromatic N) is 2. The van der Waals surface area contributed by atoms with Crippen molar-refractivity contribution in [2.45, 2.75) is 25.6 Å². The maximum Gasteiger partial charge on any atom is 0.308 e. The lowest BCUT2D eigenvalue weighted by atomic mass is 10.1. The van der Waals surface area contributed by atoms with Gasteiger partial charge in [-0.2, -0.15) is 0 Å². The molecule has 7 heteroatoms. The van der Waals surface area contributed by atoms with Gasteiger partial charge in [0.15, 0.2) is 5.82 Å². The lowest BCUT2D eigenvalue weighted by molar-refractivity contribution is -0.147. The van der Waals surface area contributed by atoms with Gasteiger partial charge in [-0.25, -0.2) is 9.97 Å². The summed E-state index contributed by atoms with van der Waals surface area (Å²) in [7, 11) is 0. The number of ether oxygens (including phenoxy) is 1. The summed E-state index contributed by atoms with van der Waals surface area (Å²) in [5.74, 6) is -0.513. The molecule has 0 saturated carbocycles. The van der Waals surface area contributed by atoms with Crippen LogP contribution in [0.2, 0.25) is 0 Å². The van der Waals surface area contributed by atoms with Crippen molar-refractivity contribution in [3.8, 4) is 0 Å². The third-order valence-electron chi connectivity index (χ3n) is 1.95. The third kappa shape index (κ3) is 4.37. The van der Waals surface area contributed by atoms with Gasteiger partial charge in [0.2, 0.25) is 0 Å². The number of hydrogen-bond acceptors (Lipinski definition) is 6. The van der Waals surface area contributed by atoms with E-state index < -0.39 is 18.2 Å². The quantitative estimate of drug-likeness (QED) is 0.773. The van der Waals surface area contributed by atoms with Crippen molar-refractivity contribution in [1.29, 1.82) is 0 Å². The van der Waals surface area contributed by atoms with Crippen molar-refractivity contribution in [3.63, 3.8) is 0 Å². The molecule has 17 heavy (non-hydrogen) atoms. The highest BCUT2D eigenvalue weighted by molar-refractivity contribution is 9.10. The molecule has 0 aliphatic heterocycles. The van der Waals surface area contributed by atoms with Crippen LogP contribution in [-0.4, -0.2) is 38.9 Å². The second-order valence-corrected chi connectivity index (χ2v) is 4.20. The van der Waals surface area contributed by atoms with Crippen LogP contribution >= 0.6 is 15.9 Å². The van der Waals surface area contributed by atoms with E-state index in [2.05, 4.69) is 30.6 Å². The van der Waals surface area contributed by atoms with Crippen LogP contribution in [0.4, 0.5) is 0 Å². The van der Waals surface area contributed by atoms with Gasteiger partial charge in [0.1, 0.15) is 6.10 Å². The molecule has 1 aromatic rings. The summed E-state index contributed by atoms with van der Waals surface area (Å²) in [4.78, 5) is 18.8. The number of rotatable bonds is 5. The van der Waals surface area contributed by atoms with Crippen molar-refractivity contribution in [3.05, 3.63) is 22.7 Å². The van der Waals surface area contributed by atoms with Crippen LogP contribution in [0.1, 0.15) is 25.3 Å². The zero-order valence-corrected chi connectivity index (χ0v) is 10.8. The predicted octanol–water partition coefficient (Wildman–Crippen LogP) is 0.587. The Morgan fingerprint density at radius 2 is 2.06 bits per heavy atom. The van der Waals surface area contributed by atoms with E-state index in [0.717, 1.165) is 0 Å². The average Bonchev–Trinajstić information content (AvgIpc) is 2.29. The van der Waals surface area contributed by atoms with Crippen molar-refractivity contribution in [1.82, 2.24) is 9.97 Å². The van der Waals surface area contributed by atoms with Crippen molar-refractivity contribution >= 4 is 21.9 Å². The summed E-state index contributed by atoms with van der Waals surface area (Å²) in [5, 5.41) is 19.3. The summed E-state index contributed by atoms with van der Waals surface area (Å²) >= 11 is 3.15. The van der Waals surface area contributed by atoms with Crippen LogP contribution in [-0.2, 0) is 9.53 Å². The minimum atomic E-state index is -1.31. The van der Waals surface area contributed by atoms with Gasteiger partial charge in [0.25, 0.3) is 0 Å². The molecule has 0 spiro atoms. The Kier molecular flexibility index (Phi) is 5.46. The SMILES string of the molecule is CCOC(=O)CC(O)C(O)c1ncc(Br)cn1. The maximum absolute atomic E-state index is 11.1. The van der Waals surface area contributed by atoms with Crippen molar-refractivity contribution in [2.24, 2.45) is 0 Å². The smallest absolute Gasteiger partial charge is 0.308 e. The minimum Gasteiger partial charge on any atom is -0.466 e. The van der Waals surface area contributed by atoms with Crippen LogP contribution in [0.5, 0.6) is 0 Å². The number of aliphatic hydroxyl groups excluding tert-OH is 2. The van der Waals surface area contributed by atoms with Crippen LogP contribution in [0.3, 0.4) is 0 Å². The van der Waals surface area contributed by atoms with E-state index >= 15 is 0 Å². The second kappa shape index (κ2) is 6.63. The molecular weight excluding hydrogens is 292 g/mol. The molecule has 1 heterocycles. The monoisotopic (exact) mass is 304 g/mol. The van der Waals surface area contributed by atoms with Gasteiger partial charge in [0.05, 0.1) is 23.6 Å². The summed E-state index contributed by atoms with van der Waals surface area (Å²) < 4.78 is 5.32. The Morgan fingerprint density at radius 1 is 1.47 bits per heavy atom. The molecular formula is C10H13BrN2O4. The fourth-order valence-corrected chi connectivity index (χ4v) is 1.35. The highest BCUT2D eigenvalue weighted by atomic mass is 79.9. The first kappa shape index (κ1) is 14.0. The molecule has 0 aliphatic carbocycles. The molecule has 0 radical (unpaired) electrons. The Bertz CT molecular complexity index is 371. The number of aromatic nitrogens is 2. The summed E-state index contributed by atoms with van der Waals surface area (Å²) in [6, 6.07) is 0. The molecule has 2 N–H and O–H groups in total. The molecule has 0 fully saturated rings. The molecule has 0 bridgehead atoms. The molecule has 1 aromatic heterocycles. The van der Waals surface area contributed by atoms with E-state index in [1.54, 1.807) is 6.92 Å². The number of aliphatic hydroxyl groups is 2. The lowest BCUT2D eigenvalue weighted by Crippen LogP contribution is -2.24. The zero-order valence-electron chi connectivity index (χ0n) is 9.21. The highest BCUT2D eigenvalue weighted by Gasteiger charge is 2.24. The zero-order chi connectivity index (χ0) is 12.8. The molecule has 0 aliphatic rings. The van der Waals surface area contributed by atoms with Crippen molar-refractivity contribution in [2.75, 3.05) is 6.61 Å². The molecule has 2 unspecified atom stereocenters. The van der Waals surface area contributed by atoms with E-state index in [0.29, 0.717) is 4.47 Å². The fourth-order valence-electron chi connectivity index (χ4n) is 1.15. The molecule has 0 aromatic carbocycles. The number of carbonyl (C=O) groups is 1. The number of esters is 1. The normalized spacial score (nSPS) is 14.1. The molecule has 94 valence electrons. The topological polar surface area (TPSA) is 92.5 Å². The van der Waals surface area contributed by atoms with E-state index in [-0.39, 0.29) is 18.9 Å². The second-order valence-electron chi connectivity index (χ2n) is 3.28. The summed E-state index contributed by atoms with van der Waals surface area (Å²) in [5.41, 5.74) is 0. The third-order valence-corrected chi connectivity index (χ3v) is 2.36. The number of carbonyl (C=O) groups excluding carboxylic acids is 1. The van der Waals surface area contributed by atoms with Gasteiger partial charge in [-0.15, -0.1) is 0 Å². The van der Waals surface area contributed by atoms with Crippen LogP contribution in [0.25, 0.3) is 0 Å². The van der Waals surface area contributed by atoms with Crippen molar-refractivity contribution < 1.29 is 19.7 Å². The Balaban J connectivity index is 2.60. The Morgan fingerprint density at radius 3 is 2.59 bits per heavy atom. The lowest BCUT2D eigenvalue weighted by Gasteiger charge is -2.15. The molecule has 0 amide bonds. The Hall–Kier alpha value is -1.05. The average molecular weight is 305 g/mol. The maximum atomic E-state index is 11.1. The van der Waals surface area contributed by atoms with Gasteiger partial charge >= 0.3 is 5.97 Å². The van der Waals surface area contributed by atoms with Gasteiger partial charge in [0, 0.05) is 12.4 Å². The largest absolute Gasteiger partial charge is 0.466 e. The first-order valence-corrected chi connectivity index (χ1v) is 5.83. The van der Waals surface area contributed by atoms with Crippen LogP contribution in [0.15, 0.2) is 16.9 Å². The minimum absolute atomic E-state index is 0.0602. The molecule has 6 nitrogen and oxygen atoms in total. The Labute approximate surface area is 107 Å².